The third-order valence-electron chi connectivity index (χ3n) is 4.94. The van der Waals surface area contributed by atoms with Gasteiger partial charge in [0.2, 0.25) is 0 Å². The SMILES string of the molecule is Cc1c([Si])c2c(-c3ccccc3)c(-c3ccccc3)ccc2[c-]1C.Cl.Cl.Cl.[Ti]. The first-order chi connectivity index (χ1) is 11.7. The minimum Gasteiger partial charge on any atom is -0.161 e. The zero-order chi connectivity index (χ0) is 16.7. The third kappa shape index (κ3) is 4.62. The molecule has 0 nitrogen and oxygen atoms in total. The van der Waals surface area contributed by atoms with E-state index in [9.17, 15) is 0 Å². The van der Waals surface area contributed by atoms with Gasteiger partial charge in [-0.05, 0) is 26.9 Å². The van der Waals surface area contributed by atoms with Crippen LogP contribution in [0.5, 0.6) is 0 Å². The van der Waals surface area contributed by atoms with Crippen molar-refractivity contribution in [1.29, 1.82) is 0 Å². The zero-order valence-electron chi connectivity index (χ0n) is 15.7. The number of hydrogen-bond acceptors (Lipinski definition) is 0. The molecule has 0 fully saturated rings. The van der Waals surface area contributed by atoms with E-state index in [-0.39, 0.29) is 58.9 Å². The molecule has 0 bridgehead atoms. The van der Waals surface area contributed by atoms with Crippen LogP contribution in [0.1, 0.15) is 11.1 Å². The molecule has 143 valence electrons. The monoisotopic (exact) mass is 478 g/mol. The molecule has 0 amide bonds. The topological polar surface area (TPSA) is 0 Å². The molecule has 4 aromatic rings. The van der Waals surface area contributed by atoms with Crippen molar-refractivity contribution in [3.8, 4) is 22.3 Å². The fraction of sp³-hybridized carbons (Fsp3) is 0.0870. The molecule has 0 spiro atoms. The maximum atomic E-state index is 3.92. The van der Waals surface area contributed by atoms with Gasteiger partial charge in [-0.3, -0.25) is 0 Å². The number of hydrogen-bond donors (Lipinski definition) is 0. The Morgan fingerprint density at radius 1 is 0.714 bits per heavy atom. The Bertz CT molecular complexity index is 1030. The largest absolute Gasteiger partial charge is 0.161 e. The van der Waals surface area contributed by atoms with Crippen LogP contribution in [-0.4, -0.2) is 10.2 Å². The number of halogens is 3. The molecule has 3 radical (unpaired) electrons. The Hall–Kier alpha value is -0.929. The molecule has 4 rings (SSSR count). The van der Waals surface area contributed by atoms with E-state index in [0.29, 0.717) is 0 Å². The summed E-state index contributed by atoms with van der Waals surface area (Å²) >= 11 is 0. The van der Waals surface area contributed by atoms with Crippen molar-refractivity contribution in [1.82, 2.24) is 0 Å². The smallest absolute Gasteiger partial charge is 0 e. The van der Waals surface area contributed by atoms with Gasteiger partial charge >= 0.3 is 0 Å². The van der Waals surface area contributed by atoms with Crippen LogP contribution in [0.4, 0.5) is 0 Å². The fourth-order valence-corrected chi connectivity index (χ4v) is 3.96. The van der Waals surface area contributed by atoms with E-state index < -0.39 is 0 Å². The predicted octanol–water partition coefficient (Wildman–Crippen LogP) is 6.57. The second-order valence-electron chi connectivity index (χ2n) is 6.27. The van der Waals surface area contributed by atoms with Gasteiger partial charge < -0.3 is 0 Å². The molecule has 28 heavy (non-hydrogen) atoms. The Morgan fingerprint density at radius 3 is 1.75 bits per heavy atom. The maximum absolute atomic E-state index is 3.92. The first-order valence-corrected chi connectivity index (χ1v) is 8.73. The molecule has 0 atom stereocenters. The third-order valence-corrected chi connectivity index (χ3v) is 5.57. The number of fused-ring (bicyclic) bond motifs is 1. The van der Waals surface area contributed by atoms with Crippen LogP contribution in [0.2, 0.25) is 0 Å². The van der Waals surface area contributed by atoms with Gasteiger partial charge in [0, 0.05) is 21.7 Å². The molecule has 5 heteroatoms. The fourth-order valence-electron chi connectivity index (χ4n) is 3.51. The van der Waals surface area contributed by atoms with E-state index in [4.69, 9.17) is 0 Å². The van der Waals surface area contributed by atoms with Crippen LogP contribution in [0, 0.1) is 13.8 Å². The van der Waals surface area contributed by atoms with Gasteiger partial charge in [0.15, 0.2) is 0 Å². The summed E-state index contributed by atoms with van der Waals surface area (Å²) in [6, 6.07) is 25.8. The summed E-state index contributed by atoms with van der Waals surface area (Å²) in [5, 5.41) is 3.85. The molecule has 0 N–H and O–H groups in total. The van der Waals surface area contributed by atoms with E-state index in [1.807, 2.05) is 0 Å². The summed E-state index contributed by atoms with van der Waals surface area (Å²) in [4.78, 5) is 0. The average molecular weight is 480 g/mol. The van der Waals surface area contributed by atoms with E-state index in [0.717, 1.165) is 0 Å². The normalized spacial score (nSPS) is 9.54. The van der Waals surface area contributed by atoms with Crippen LogP contribution in [0.3, 0.4) is 0 Å². The van der Waals surface area contributed by atoms with Crippen molar-refractivity contribution in [2.24, 2.45) is 0 Å². The summed E-state index contributed by atoms with van der Waals surface area (Å²) in [5.74, 6) is 0. The molecular formula is C23H21Cl3SiTi-. The standard InChI is InChI=1S/C23H18Si.3ClH.Ti/c1-15-16(2)23(24)22-19(15)13-14-20(17-9-5-3-6-10-17)21(22)18-11-7-4-8-12-18;;;;/h3-14H,1-2H3;3*1H;/q-1;;;;. The van der Waals surface area contributed by atoms with Crippen molar-refractivity contribution in [3.05, 3.63) is 83.9 Å². The second kappa shape index (κ2) is 11.3. The molecule has 0 saturated carbocycles. The zero-order valence-corrected chi connectivity index (χ0v) is 20.7. The molecule has 0 unspecified atom stereocenters. The maximum Gasteiger partial charge on any atom is 0 e. The van der Waals surface area contributed by atoms with Crippen molar-refractivity contribution >= 4 is 63.4 Å². The molecular weight excluding hydrogens is 459 g/mol. The molecule has 0 aliphatic heterocycles. The quantitative estimate of drug-likeness (QED) is 0.225. The first kappa shape index (κ1) is 27.1. The Balaban J connectivity index is 0.00000182. The first-order valence-electron chi connectivity index (χ1n) is 8.23. The van der Waals surface area contributed by atoms with E-state index >= 15 is 0 Å². The Kier molecular flexibility index (Phi) is 10.9. The minimum atomic E-state index is 0. The summed E-state index contributed by atoms with van der Waals surface area (Å²) in [7, 11) is 3.92. The van der Waals surface area contributed by atoms with Gasteiger partial charge in [-0.2, -0.15) is 5.19 Å². The molecule has 0 aliphatic rings. The van der Waals surface area contributed by atoms with E-state index in [1.54, 1.807) is 0 Å². The van der Waals surface area contributed by atoms with Gasteiger partial charge in [-0.1, -0.05) is 86.1 Å². The van der Waals surface area contributed by atoms with Crippen LogP contribution in [0.25, 0.3) is 33.0 Å². The number of rotatable bonds is 2. The van der Waals surface area contributed by atoms with Crippen LogP contribution in [-0.2, 0) is 21.7 Å². The molecule has 0 heterocycles. The Morgan fingerprint density at radius 2 is 1.21 bits per heavy atom. The van der Waals surface area contributed by atoms with Crippen molar-refractivity contribution in [2.45, 2.75) is 13.8 Å². The number of aryl methyl sites for hydroxylation is 1. The van der Waals surface area contributed by atoms with E-state index in [2.05, 4.69) is 96.9 Å². The summed E-state index contributed by atoms with van der Waals surface area (Å²) in [6.07, 6.45) is 0. The second-order valence-corrected chi connectivity index (χ2v) is 6.77. The van der Waals surface area contributed by atoms with Gasteiger partial charge in [0.05, 0.1) is 0 Å². The molecule has 0 saturated heterocycles. The molecule has 4 aromatic carbocycles. The average Bonchev–Trinajstić information content (AvgIpc) is 2.87. The van der Waals surface area contributed by atoms with Crippen LogP contribution < -0.4 is 5.19 Å². The van der Waals surface area contributed by atoms with Gasteiger partial charge in [-0.25, -0.2) is 0 Å². The predicted molar refractivity (Wildman–Crippen MR) is 127 cm³/mol. The van der Waals surface area contributed by atoms with Crippen molar-refractivity contribution in [2.75, 3.05) is 0 Å². The van der Waals surface area contributed by atoms with Crippen LogP contribution >= 0.6 is 37.2 Å². The molecule has 0 aliphatic carbocycles. The van der Waals surface area contributed by atoms with Crippen molar-refractivity contribution < 1.29 is 21.7 Å². The number of benzene rings is 3. The summed E-state index contributed by atoms with van der Waals surface area (Å²) in [5.41, 5.74) is 7.77. The van der Waals surface area contributed by atoms with Gasteiger partial charge in [-0.15, -0.1) is 65.2 Å². The summed E-state index contributed by atoms with van der Waals surface area (Å²) < 4.78 is 0. The van der Waals surface area contributed by atoms with E-state index in [1.165, 1.54) is 49.3 Å². The Labute approximate surface area is 204 Å². The van der Waals surface area contributed by atoms with Crippen LogP contribution in [0.15, 0.2) is 72.8 Å². The summed E-state index contributed by atoms with van der Waals surface area (Å²) in [6.45, 7) is 4.40. The van der Waals surface area contributed by atoms with Crippen molar-refractivity contribution in [3.63, 3.8) is 0 Å². The van der Waals surface area contributed by atoms with Gasteiger partial charge in [0.1, 0.15) is 0 Å². The molecule has 0 aromatic heterocycles. The minimum absolute atomic E-state index is 0. The van der Waals surface area contributed by atoms with Gasteiger partial charge in [0.25, 0.3) is 0 Å².